The number of piperazine rings is 1. The van der Waals surface area contributed by atoms with E-state index in [1.54, 1.807) is 18.1 Å². The van der Waals surface area contributed by atoms with E-state index in [2.05, 4.69) is 19.6 Å². The predicted molar refractivity (Wildman–Crippen MR) is 65.9 cm³/mol. The fourth-order valence-electron chi connectivity index (χ4n) is 1.64. The zero-order valence-corrected chi connectivity index (χ0v) is 10.6. The quantitative estimate of drug-likeness (QED) is 0.721. The Morgan fingerprint density at radius 3 is 3.06 bits per heavy atom. The minimum Gasteiger partial charge on any atom is -0.391 e. The van der Waals surface area contributed by atoms with Crippen LogP contribution in [-0.4, -0.2) is 63.9 Å². The van der Waals surface area contributed by atoms with Crippen molar-refractivity contribution in [2.45, 2.75) is 10.4 Å². The SMILES string of the molecule is OC(CSc1ncns1)CN1CCNCC1. The lowest BCUT2D eigenvalue weighted by atomic mass is 10.3. The van der Waals surface area contributed by atoms with Gasteiger partial charge in [-0.25, -0.2) is 4.98 Å². The Labute approximate surface area is 103 Å². The molecule has 1 fully saturated rings. The van der Waals surface area contributed by atoms with E-state index in [-0.39, 0.29) is 6.10 Å². The van der Waals surface area contributed by atoms with E-state index in [0.29, 0.717) is 5.75 Å². The largest absolute Gasteiger partial charge is 0.391 e. The Kier molecular flexibility index (Phi) is 4.98. The highest BCUT2D eigenvalue weighted by Gasteiger charge is 2.14. The summed E-state index contributed by atoms with van der Waals surface area (Å²) in [4.78, 5) is 6.36. The van der Waals surface area contributed by atoms with Crippen LogP contribution < -0.4 is 5.32 Å². The zero-order valence-electron chi connectivity index (χ0n) is 9.00. The van der Waals surface area contributed by atoms with Gasteiger partial charge in [-0.3, -0.25) is 4.90 Å². The van der Waals surface area contributed by atoms with Gasteiger partial charge in [0.2, 0.25) is 0 Å². The second kappa shape index (κ2) is 6.51. The van der Waals surface area contributed by atoms with Crippen LogP contribution in [0.15, 0.2) is 10.7 Å². The Hall–Kier alpha value is -0.210. The third-order valence-electron chi connectivity index (χ3n) is 2.42. The molecule has 1 aliphatic rings. The number of hydrogen-bond donors (Lipinski definition) is 2. The van der Waals surface area contributed by atoms with Gasteiger partial charge < -0.3 is 10.4 Å². The predicted octanol–water partition coefficient (Wildman–Crippen LogP) is -0.104. The summed E-state index contributed by atoms with van der Waals surface area (Å²) in [5.74, 6) is 0.694. The molecule has 5 nitrogen and oxygen atoms in total. The number of aliphatic hydroxyl groups is 1. The average molecular weight is 260 g/mol. The molecule has 0 aliphatic carbocycles. The van der Waals surface area contributed by atoms with Gasteiger partial charge in [-0.1, -0.05) is 11.8 Å². The summed E-state index contributed by atoms with van der Waals surface area (Å²) in [7, 11) is 0. The van der Waals surface area contributed by atoms with E-state index in [0.717, 1.165) is 37.1 Å². The van der Waals surface area contributed by atoms with Crippen molar-refractivity contribution in [1.82, 2.24) is 19.6 Å². The highest BCUT2D eigenvalue weighted by atomic mass is 32.2. The molecule has 16 heavy (non-hydrogen) atoms. The summed E-state index contributed by atoms with van der Waals surface area (Å²) < 4.78 is 4.86. The molecule has 0 bridgehead atoms. The van der Waals surface area contributed by atoms with Gasteiger partial charge in [-0.05, 0) is 11.5 Å². The molecule has 1 unspecified atom stereocenters. The van der Waals surface area contributed by atoms with Gasteiger partial charge >= 0.3 is 0 Å². The fraction of sp³-hybridized carbons (Fsp3) is 0.778. The average Bonchev–Trinajstić information content (AvgIpc) is 2.81. The molecule has 0 saturated carbocycles. The number of aromatic nitrogens is 2. The van der Waals surface area contributed by atoms with E-state index >= 15 is 0 Å². The Bertz CT molecular complexity index is 290. The normalized spacial score (nSPS) is 19.8. The molecule has 2 rings (SSSR count). The van der Waals surface area contributed by atoms with Crippen LogP contribution in [0.5, 0.6) is 0 Å². The van der Waals surface area contributed by atoms with Crippen molar-refractivity contribution in [2.75, 3.05) is 38.5 Å². The number of rotatable bonds is 5. The van der Waals surface area contributed by atoms with Crippen molar-refractivity contribution in [3.05, 3.63) is 6.33 Å². The molecule has 0 radical (unpaired) electrons. The summed E-state index contributed by atoms with van der Waals surface area (Å²) in [6.07, 6.45) is 1.27. The van der Waals surface area contributed by atoms with Gasteiger partial charge in [0.25, 0.3) is 0 Å². The maximum atomic E-state index is 9.87. The number of nitrogens with zero attached hydrogens (tertiary/aromatic N) is 3. The monoisotopic (exact) mass is 260 g/mol. The summed E-state index contributed by atoms with van der Waals surface area (Å²) in [6, 6.07) is 0. The minimum atomic E-state index is -0.285. The van der Waals surface area contributed by atoms with Crippen molar-refractivity contribution in [3.8, 4) is 0 Å². The van der Waals surface area contributed by atoms with E-state index in [1.165, 1.54) is 11.5 Å². The van der Waals surface area contributed by atoms with Crippen LogP contribution >= 0.6 is 23.3 Å². The smallest absolute Gasteiger partial charge is 0.169 e. The second-order valence-electron chi connectivity index (χ2n) is 3.72. The maximum absolute atomic E-state index is 9.87. The summed E-state index contributed by atoms with van der Waals surface area (Å²) in [5.41, 5.74) is 0. The van der Waals surface area contributed by atoms with E-state index in [1.807, 2.05) is 0 Å². The topological polar surface area (TPSA) is 61.3 Å². The molecule has 2 heterocycles. The van der Waals surface area contributed by atoms with Gasteiger partial charge in [0.15, 0.2) is 4.34 Å². The van der Waals surface area contributed by atoms with Crippen LogP contribution in [0.2, 0.25) is 0 Å². The van der Waals surface area contributed by atoms with Crippen LogP contribution in [-0.2, 0) is 0 Å². The summed E-state index contributed by atoms with van der Waals surface area (Å²) in [6.45, 7) is 4.86. The lowest BCUT2D eigenvalue weighted by molar-refractivity contribution is 0.121. The van der Waals surface area contributed by atoms with Gasteiger partial charge in [0.1, 0.15) is 6.33 Å². The van der Waals surface area contributed by atoms with Crippen LogP contribution in [0, 0.1) is 0 Å². The van der Waals surface area contributed by atoms with Gasteiger partial charge in [0, 0.05) is 38.5 Å². The fourth-order valence-corrected chi connectivity index (χ4v) is 3.02. The number of thioether (sulfide) groups is 1. The molecule has 2 N–H and O–H groups in total. The first-order valence-electron chi connectivity index (χ1n) is 5.35. The first-order chi connectivity index (χ1) is 7.84. The second-order valence-corrected chi connectivity index (χ2v) is 5.77. The van der Waals surface area contributed by atoms with Gasteiger partial charge in [-0.15, -0.1) is 0 Å². The Morgan fingerprint density at radius 1 is 1.56 bits per heavy atom. The number of aliphatic hydroxyl groups excluding tert-OH is 1. The lowest BCUT2D eigenvalue weighted by Gasteiger charge is -2.28. The molecule has 0 aromatic carbocycles. The summed E-state index contributed by atoms with van der Waals surface area (Å²) in [5, 5.41) is 13.2. The van der Waals surface area contributed by atoms with Gasteiger partial charge in [-0.2, -0.15) is 4.37 Å². The third-order valence-corrected chi connectivity index (χ3v) is 4.36. The van der Waals surface area contributed by atoms with Crippen LogP contribution in [0.3, 0.4) is 0 Å². The van der Waals surface area contributed by atoms with Crippen LogP contribution in [0.25, 0.3) is 0 Å². The zero-order chi connectivity index (χ0) is 11.2. The van der Waals surface area contributed by atoms with Crippen molar-refractivity contribution in [1.29, 1.82) is 0 Å². The lowest BCUT2D eigenvalue weighted by Crippen LogP contribution is -2.46. The molecule has 1 saturated heterocycles. The number of hydrogen-bond acceptors (Lipinski definition) is 7. The molecule has 0 spiro atoms. The van der Waals surface area contributed by atoms with Crippen LogP contribution in [0.4, 0.5) is 0 Å². The molecule has 0 amide bonds. The molecule has 1 aromatic rings. The number of β-amino-alcohol motifs (C(OH)–C–C–N with tert-alkyl or cyclic N) is 1. The molecular formula is C9H16N4OS2. The molecule has 90 valence electrons. The highest BCUT2D eigenvalue weighted by Crippen LogP contribution is 2.19. The van der Waals surface area contributed by atoms with Crippen molar-refractivity contribution < 1.29 is 5.11 Å². The molecule has 1 aromatic heterocycles. The molecule has 1 aliphatic heterocycles. The Balaban J connectivity index is 1.65. The first kappa shape index (κ1) is 12.3. The third kappa shape index (κ3) is 3.99. The van der Waals surface area contributed by atoms with E-state index < -0.39 is 0 Å². The minimum absolute atomic E-state index is 0.285. The molecule has 7 heteroatoms. The van der Waals surface area contributed by atoms with Crippen molar-refractivity contribution in [3.63, 3.8) is 0 Å². The molecule has 1 atom stereocenters. The van der Waals surface area contributed by atoms with E-state index in [4.69, 9.17) is 0 Å². The number of nitrogens with one attached hydrogen (secondary N) is 1. The Morgan fingerprint density at radius 2 is 2.38 bits per heavy atom. The first-order valence-corrected chi connectivity index (χ1v) is 7.11. The maximum Gasteiger partial charge on any atom is 0.169 e. The highest BCUT2D eigenvalue weighted by molar-refractivity contribution is 8.00. The molecular weight excluding hydrogens is 244 g/mol. The van der Waals surface area contributed by atoms with Gasteiger partial charge in [0.05, 0.1) is 6.10 Å². The standard InChI is InChI=1S/C9H16N4OS2/c14-8(5-13-3-1-10-2-4-13)6-15-9-11-7-12-16-9/h7-8,10,14H,1-6H2. The summed E-state index contributed by atoms with van der Waals surface area (Å²) >= 11 is 2.95. The van der Waals surface area contributed by atoms with Crippen molar-refractivity contribution in [2.24, 2.45) is 0 Å². The van der Waals surface area contributed by atoms with Crippen molar-refractivity contribution >= 4 is 23.3 Å². The van der Waals surface area contributed by atoms with E-state index in [9.17, 15) is 5.11 Å². The van der Waals surface area contributed by atoms with Crippen LogP contribution in [0.1, 0.15) is 0 Å².